The molecule has 0 saturated carbocycles. The van der Waals surface area contributed by atoms with Crippen LogP contribution >= 0.6 is 0 Å². The number of H-pyrrole nitrogens is 2. The number of carbonyl (C=O) groups excluding carboxylic acids is 8. The molecule has 10 aromatic rings. The molecule has 0 bridgehead atoms. The molecule has 696 valence electrons. The molecule has 8 aliphatic heterocycles. The van der Waals surface area contributed by atoms with Crippen LogP contribution < -0.4 is 30.7 Å². The van der Waals surface area contributed by atoms with E-state index in [1.54, 1.807) is 30.3 Å². The number of carboxylic acids is 1. The zero-order valence-corrected chi connectivity index (χ0v) is 77.0. The Hall–Kier alpha value is -14.7. The lowest BCUT2D eigenvalue weighted by Crippen LogP contribution is -2.51. The highest BCUT2D eigenvalue weighted by Gasteiger charge is 2.43. The Morgan fingerprint density at radius 1 is 0.440 bits per heavy atom. The molecule has 0 aliphatic carbocycles. The van der Waals surface area contributed by atoms with Crippen LogP contribution in [-0.4, -0.2) is 195 Å². The second kappa shape index (κ2) is 40.2. The van der Waals surface area contributed by atoms with Crippen molar-refractivity contribution in [2.45, 2.75) is 180 Å². The number of rotatable bonds is 20. The van der Waals surface area contributed by atoms with E-state index in [1.165, 1.54) is 28.4 Å². The van der Waals surface area contributed by atoms with Gasteiger partial charge in [0, 0.05) is 95.9 Å². The number of alkyl carbamates (subject to hydrolysis) is 4. The zero-order valence-electron chi connectivity index (χ0n) is 77.0. The largest absolute Gasteiger partial charge is 0.488 e. The first-order valence-electron chi connectivity index (χ1n) is 45.5. The number of nitrogens with one attached hydrogen (secondary N) is 6. The Balaban J connectivity index is 0.000000169. The third kappa shape index (κ3) is 19.9. The van der Waals surface area contributed by atoms with E-state index in [-0.39, 0.29) is 59.8 Å². The van der Waals surface area contributed by atoms with Gasteiger partial charge in [-0.3, -0.25) is 29.3 Å². The summed E-state index contributed by atoms with van der Waals surface area (Å²) in [4.78, 5) is 146. The number of carbonyl (C=O) groups is 9. The van der Waals surface area contributed by atoms with Crippen molar-refractivity contribution in [2.75, 3.05) is 54.6 Å². The fourth-order valence-electron chi connectivity index (χ4n) is 19.1. The summed E-state index contributed by atoms with van der Waals surface area (Å²) in [6, 6.07) is 47.8. The highest BCUT2D eigenvalue weighted by molar-refractivity contribution is 6.06. The van der Waals surface area contributed by atoms with Crippen LogP contribution in [0.3, 0.4) is 0 Å². The number of hydrogen-bond donors (Lipinski definition) is 7. The van der Waals surface area contributed by atoms with Gasteiger partial charge < -0.3 is 84.2 Å². The van der Waals surface area contributed by atoms with Gasteiger partial charge in [0.15, 0.2) is 6.04 Å². The fourth-order valence-corrected chi connectivity index (χ4v) is 19.1. The molecule has 31 nitrogen and oxygen atoms in total. The lowest BCUT2D eigenvalue weighted by molar-refractivity contribution is -0.139. The summed E-state index contributed by atoms with van der Waals surface area (Å²) < 4.78 is 37.4. The minimum absolute atomic E-state index is 0.0373. The molecular formula is C103H112N14O17. The van der Waals surface area contributed by atoms with Gasteiger partial charge in [-0.05, 0) is 187 Å². The van der Waals surface area contributed by atoms with Crippen molar-refractivity contribution in [1.29, 1.82) is 0 Å². The summed E-state index contributed by atoms with van der Waals surface area (Å²) in [6.45, 7) is 16.6. The Bertz CT molecular complexity index is 6290. The van der Waals surface area contributed by atoms with Crippen LogP contribution in [0, 0.1) is 11.8 Å². The summed E-state index contributed by atoms with van der Waals surface area (Å²) in [5.41, 5.74) is 17.3. The Labute approximate surface area is 776 Å². The van der Waals surface area contributed by atoms with Gasteiger partial charge in [-0.25, -0.2) is 38.7 Å². The van der Waals surface area contributed by atoms with Crippen molar-refractivity contribution in [3.8, 4) is 56.3 Å². The van der Waals surface area contributed by atoms with Crippen molar-refractivity contribution >= 4 is 98.3 Å². The molecule has 10 heterocycles. The van der Waals surface area contributed by atoms with Gasteiger partial charge >= 0.3 is 36.4 Å². The van der Waals surface area contributed by atoms with Gasteiger partial charge in [-0.1, -0.05) is 149 Å². The maximum Gasteiger partial charge on any atom is 0.410 e. The van der Waals surface area contributed by atoms with E-state index in [0.717, 1.165) is 186 Å². The van der Waals surface area contributed by atoms with Crippen molar-refractivity contribution in [1.82, 2.24) is 60.8 Å². The van der Waals surface area contributed by atoms with E-state index >= 15 is 0 Å². The minimum atomic E-state index is -1.13. The van der Waals surface area contributed by atoms with Gasteiger partial charge in [0.2, 0.25) is 17.7 Å². The predicted octanol–water partition coefficient (Wildman–Crippen LogP) is 17.7. The third-order valence-corrected chi connectivity index (χ3v) is 25.9. The van der Waals surface area contributed by atoms with Crippen LogP contribution in [0.1, 0.15) is 182 Å². The number of methoxy groups -OCH3 is 4. The van der Waals surface area contributed by atoms with Crippen LogP contribution in [0.4, 0.5) is 24.0 Å². The van der Waals surface area contributed by atoms with Crippen LogP contribution in [0.25, 0.3) is 77.5 Å². The molecule has 8 amide bonds. The van der Waals surface area contributed by atoms with Gasteiger partial charge in [0.25, 0.3) is 0 Å². The van der Waals surface area contributed by atoms with Crippen LogP contribution in [0.2, 0.25) is 0 Å². The average molecular weight is 1820 g/mol. The summed E-state index contributed by atoms with van der Waals surface area (Å²) >= 11 is 0. The monoisotopic (exact) mass is 1820 g/mol. The van der Waals surface area contributed by atoms with Crippen LogP contribution in [0.15, 0.2) is 193 Å². The summed E-state index contributed by atoms with van der Waals surface area (Å²) in [5, 5.41) is 23.4. The Morgan fingerprint density at radius 2 is 0.821 bits per heavy atom. The van der Waals surface area contributed by atoms with E-state index in [1.807, 2.05) is 123 Å². The number of aliphatic imine (C=N–C) groups is 2. The van der Waals surface area contributed by atoms with E-state index in [2.05, 4.69) is 133 Å². The first-order valence-corrected chi connectivity index (χ1v) is 45.5. The first kappa shape index (κ1) is 92.6. The molecule has 0 unspecified atom stereocenters. The number of benzene rings is 8. The van der Waals surface area contributed by atoms with Crippen molar-refractivity contribution < 1.29 is 81.4 Å². The number of likely N-dealkylation sites (tertiary alicyclic amines) is 4. The Kier molecular flexibility index (Phi) is 27.8. The quantitative estimate of drug-likeness (QED) is 0.0348. The average Bonchev–Trinajstić information content (AvgIpc) is 1.01. The molecule has 2 aromatic heterocycles. The van der Waals surface area contributed by atoms with Crippen LogP contribution in [0.5, 0.6) is 11.5 Å². The number of ether oxygens (including phenoxy) is 7. The molecule has 31 heteroatoms. The molecular weight excluding hydrogens is 1710 g/mol. The van der Waals surface area contributed by atoms with Gasteiger partial charge in [-0.15, -0.1) is 0 Å². The Morgan fingerprint density at radius 3 is 1.24 bits per heavy atom. The highest BCUT2D eigenvalue weighted by Crippen LogP contribution is 2.48. The molecule has 4 fully saturated rings. The number of nitrogens with zero attached hydrogens (tertiary/aromatic N) is 8. The number of allylic oxidation sites excluding steroid dienone is 2. The van der Waals surface area contributed by atoms with Crippen molar-refractivity contribution in [3.05, 3.63) is 228 Å². The number of aromatic nitrogens is 4. The van der Waals surface area contributed by atoms with E-state index in [9.17, 15) is 43.2 Å². The molecule has 18 rings (SSSR count). The lowest BCUT2D eigenvalue weighted by Gasteiger charge is -2.30. The second-order valence-corrected chi connectivity index (χ2v) is 36.3. The lowest BCUT2D eigenvalue weighted by atomic mass is 9.90. The zero-order chi connectivity index (χ0) is 94.3. The number of imidazole rings is 2. The number of hydrogen-bond acceptors (Lipinski definition) is 20. The minimum Gasteiger partial charge on any atom is -0.488 e. The SMILES string of the molecule is COC(=O)N[C@@H](C(=O)O)c1ccccc1.COC(=O)N[C@H](C(=O)N1CCC[C@H]1c1ncc(-c2ccc3c4c(ccc3c2)-c2ccc(C3=CN=C([C@@H]5CCCN5C(=O)OC(C)(C)C)C3)cc2CO4)[nH]1)C(C)C.COC(=O)N[C@H](C(=O)N1CCC[C@H]1c1ncc(-c2ccc3c4c(ccc3c2)-c2ccc(C3=CN=C([C@@H]5CCCN5C(=O)[C@H](NC(=O)OC)c5ccccc5)C3)cc2CO4)[nH]1)C(C)C. The first-order chi connectivity index (χ1) is 64.6. The number of fused-ring (bicyclic) bond motifs is 10. The maximum absolute atomic E-state index is 14.0. The molecule has 8 aromatic carbocycles. The maximum atomic E-state index is 14.0. The fraction of sp³-hybridized carbons (Fsp3) is 0.369. The molecule has 4 saturated heterocycles. The van der Waals surface area contributed by atoms with Crippen LogP contribution in [-0.2, 0) is 56.1 Å². The summed E-state index contributed by atoms with van der Waals surface area (Å²) in [6.07, 6.45) is 12.6. The molecule has 8 aliphatic rings. The topological polar surface area (TPSA) is 382 Å². The van der Waals surface area contributed by atoms with E-state index < -0.39 is 60.1 Å². The molecule has 0 radical (unpaired) electrons. The number of aliphatic carboxylic acids is 1. The van der Waals surface area contributed by atoms with Gasteiger partial charge in [0.1, 0.15) is 60.1 Å². The normalized spacial score (nSPS) is 18.3. The van der Waals surface area contributed by atoms with E-state index in [4.69, 9.17) is 53.5 Å². The molecule has 134 heavy (non-hydrogen) atoms. The number of amides is 8. The highest BCUT2D eigenvalue weighted by atomic mass is 16.6. The van der Waals surface area contributed by atoms with Crippen molar-refractivity contribution in [3.63, 3.8) is 0 Å². The number of carboxylic acid groups (broad SMARTS) is 1. The smallest absolute Gasteiger partial charge is 0.410 e. The third-order valence-electron chi connectivity index (χ3n) is 25.9. The summed E-state index contributed by atoms with van der Waals surface area (Å²) in [5.74, 6) is 1.36. The van der Waals surface area contributed by atoms with Gasteiger partial charge in [0.05, 0.1) is 76.4 Å². The van der Waals surface area contributed by atoms with E-state index in [0.29, 0.717) is 63.4 Å². The predicted molar refractivity (Wildman–Crippen MR) is 506 cm³/mol. The van der Waals surface area contributed by atoms with Crippen molar-refractivity contribution in [2.24, 2.45) is 21.8 Å². The van der Waals surface area contributed by atoms with Gasteiger partial charge in [-0.2, -0.15) is 0 Å². The second-order valence-electron chi connectivity index (χ2n) is 36.3. The summed E-state index contributed by atoms with van der Waals surface area (Å²) in [7, 11) is 5.06. The molecule has 8 atom stereocenters. The standard InChI is InChI=1S/C49H51N7O7.C44H50N6O6.C10H11NO4/c1-28(2)42(53-48(59)61-3)46(57)56-21-9-13-41(56)45-51-26-39(52-45)32-16-18-36-31(23-32)15-19-37-35-17-14-30(22-34(35)27-63-44(36)37)33-24-38(50-25-33)40-12-8-20-55(40)47(58)43(54-49(60)62-4)29-10-6-5-7-11-29;1-25(2)38(48-42(52)54-6)41(51)49-17-8-10-37(49)40-46-23-35(47-40)28-13-15-32-27(20-28)12-16-33-31-14-11-26(19-30(31)24-55-39(32)33)29-21-34(45-22-29)36-9-7-18-50(36)43(53)56-44(3,4)5;1-15-10(14)11-8(9(12)13)7-5-3-2-4-6-7/h5-7,10-11,14-19,22-23,25-26,28,40-43H,8-9,12-13,20-21,24,27H2,1-4H3,(H,51,52)(H,53,59)(H,54,60);11-16,19-20,22-23,25,36-38H,7-10,17-18,21,24H2,1-6H3,(H,46,47)(H,48,52);2-6,8H,1H3,(H,11,14)(H,12,13)/t40-,41-,42-,43+;36-,37-,38-;8-/m001/s1. The number of aromatic amines is 2. The molecule has 7 N–H and O–H groups in total. The molecule has 0 spiro atoms.